The van der Waals surface area contributed by atoms with Crippen molar-refractivity contribution >= 4 is 22.2 Å². The lowest BCUT2D eigenvalue weighted by Gasteiger charge is -2.32. The summed E-state index contributed by atoms with van der Waals surface area (Å²) in [6, 6.07) is 8.59. The first-order valence-corrected chi connectivity index (χ1v) is 9.82. The first-order valence-electron chi connectivity index (χ1n) is 9.01. The number of aromatic nitrogens is 1. The number of likely N-dealkylation sites (tertiary alicyclic amines) is 1. The predicted molar refractivity (Wildman–Crippen MR) is 104 cm³/mol. The second-order valence-corrected chi connectivity index (χ2v) is 8.32. The number of aryl methyl sites for hydroxylation is 2. The maximum Gasteiger partial charge on any atom is 0.221 e. The lowest BCUT2D eigenvalue weighted by atomic mass is 9.91. The van der Waals surface area contributed by atoms with Crippen LogP contribution >= 0.6 is 11.3 Å². The molecule has 0 aliphatic carbocycles. The highest BCUT2D eigenvalue weighted by molar-refractivity contribution is 7.16. The summed E-state index contributed by atoms with van der Waals surface area (Å²) in [4.78, 5) is 19.5. The van der Waals surface area contributed by atoms with Gasteiger partial charge in [0.15, 0.2) is 0 Å². The number of anilines is 1. The zero-order valence-electron chi connectivity index (χ0n) is 15.3. The second kappa shape index (κ2) is 8.11. The Hall–Kier alpha value is -1.72. The summed E-state index contributed by atoms with van der Waals surface area (Å²) in [5.41, 5.74) is 3.65. The van der Waals surface area contributed by atoms with Gasteiger partial charge < -0.3 is 5.32 Å². The Labute approximate surface area is 154 Å². The normalized spacial score (nSPS) is 18.3. The average Bonchev–Trinajstić information content (AvgIpc) is 2.92. The van der Waals surface area contributed by atoms with E-state index in [1.165, 1.54) is 23.3 Å². The molecule has 5 heteroatoms. The fourth-order valence-corrected chi connectivity index (χ4v) is 4.75. The number of nitrogens with zero attached hydrogens (tertiary/aromatic N) is 2. The number of thiophene rings is 1. The molecule has 1 fully saturated rings. The van der Waals surface area contributed by atoms with Crippen molar-refractivity contribution in [1.29, 1.82) is 0 Å². The highest BCUT2D eigenvalue weighted by Crippen LogP contribution is 2.27. The number of hydrogen-bond donors (Lipinski definition) is 1. The van der Waals surface area contributed by atoms with Crippen LogP contribution in [0.15, 0.2) is 24.3 Å². The lowest BCUT2D eigenvalue weighted by Crippen LogP contribution is -2.35. The fourth-order valence-electron chi connectivity index (χ4n) is 3.76. The minimum Gasteiger partial charge on any atom is -0.318 e. The predicted octanol–water partition coefficient (Wildman–Crippen LogP) is 4.17. The van der Waals surface area contributed by atoms with Crippen molar-refractivity contribution < 1.29 is 4.79 Å². The van der Waals surface area contributed by atoms with E-state index in [0.717, 1.165) is 42.4 Å². The minimum atomic E-state index is -0.00521. The quantitative estimate of drug-likeness (QED) is 0.873. The number of rotatable bonds is 5. The number of carbonyl (C=O) groups is 1. The third-order valence-corrected chi connectivity index (χ3v) is 5.59. The van der Waals surface area contributed by atoms with Crippen molar-refractivity contribution in [2.24, 2.45) is 5.92 Å². The van der Waals surface area contributed by atoms with Crippen LogP contribution in [0.1, 0.15) is 41.6 Å². The Bertz CT molecular complexity index is 720. The van der Waals surface area contributed by atoms with E-state index >= 15 is 0 Å². The van der Waals surface area contributed by atoms with Crippen LogP contribution in [0.2, 0.25) is 0 Å². The Kier molecular flexibility index (Phi) is 5.86. The summed E-state index contributed by atoms with van der Waals surface area (Å²) < 4.78 is 0. The van der Waals surface area contributed by atoms with Gasteiger partial charge in [0, 0.05) is 36.3 Å². The summed E-state index contributed by atoms with van der Waals surface area (Å²) in [6.45, 7) is 9.00. The van der Waals surface area contributed by atoms with Crippen molar-refractivity contribution in [3.63, 3.8) is 0 Å². The highest BCUT2D eigenvalue weighted by atomic mass is 32.1. The van der Waals surface area contributed by atoms with E-state index in [9.17, 15) is 4.79 Å². The zero-order valence-corrected chi connectivity index (χ0v) is 16.2. The number of piperidine rings is 1. The molecule has 0 radical (unpaired) electrons. The van der Waals surface area contributed by atoms with Gasteiger partial charge >= 0.3 is 0 Å². The Morgan fingerprint density at radius 2 is 2.08 bits per heavy atom. The molecule has 0 unspecified atom stereocenters. The Balaban J connectivity index is 1.57. The molecule has 0 bridgehead atoms. The van der Waals surface area contributed by atoms with Crippen LogP contribution in [-0.4, -0.2) is 28.9 Å². The van der Waals surface area contributed by atoms with E-state index in [1.54, 1.807) is 18.3 Å². The van der Waals surface area contributed by atoms with Crippen molar-refractivity contribution in [3.8, 4) is 0 Å². The first kappa shape index (κ1) is 18.1. The van der Waals surface area contributed by atoms with Gasteiger partial charge in [-0.1, -0.05) is 0 Å². The monoisotopic (exact) mass is 357 g/mol. The molecule has 134 valence electrons. The van der Waals surface area contributed by atoms with Crippen LogP contribution in [0.4, 0.5) is 5.00 Å². The summed E-state index contributed by atoms with van der Waals surface area (Å²) >= 11 is 1.68. The Morgan fingerprint density at radius 1 is 1.32 bits per heavy atom. The van der Waals surface area contributed by atoms with Gasteiger partial charge in [0.25, 0.3) is 0 Å². The van der Waals surface area contributed by atoms with Gasteiger partial charge in [-0.25, -0.2) is 0 Å². The van der Waals surface area contributed by atoms with Gasteiger partial charge in [-0.15, -0.1) is 11.3 Å². The van der Waals surface area contributed by atoms with Gasteiger partial charge in [-0.3, -0.25) is 14.7 Å². The lowest BCUT2D eigenvalue weighted by molar-refractivity contribution is -0.114. The van der Waals surface area contributed by atoms with Crippen molar-refractivity contribution in [3.05, 3.63) is 46.1 Å². The number of amides is 1. The van der Waals surface area contributed by atoms with Crippen LogP contribution in [-0.2, 0) is 17.8 Å². The first-order chi connectivity index (χ1) is 12.0. The molecule has 2 aromatic heterocycles. The van der Waals surface area contributed by atoms with Crippen molar-refractivity contribution in [2.45, 2.75) is 46.6 Å². The van der Waals surface area contributed by atoms with E-state index in [1.807, 2.05) is 6.07 Å². The molecule has 1 saturated heterocycles. The van der Waals surface area contributed by atoms with Gasteiger partial charge in [0.2, 0.25) is 5.91 Å². The molecule has 25 heavy (non-hydrogen) atoms. The maximum absolute atomic E-state index is 11.2. The summed E-state index contributed by atoms with van der Waals surface area (Å²) in [7, 11) is 0. The fraction of sp³-hybridized carbons (Fsp3) is 0.500. The number of hydrogen-bond acceptors (Lipinski definition) is 4. The molecule has 1 atom stereocenters. The van der Waals surface area contributed by atoms with Gasteiger partial charge in [-0.05, 0) is 75.4 Å². The molecular weight excluding hydrogens is 330 g/mol. The number of nitrogens with one attached hydrogen (secondary N) is 1. The molecule has 3 heterocycles. The standard InChI is InChI=1S/C20H27N3OS/c1-14-9-18(10-15(2)21-14)11-17-5-4-8-23(12-17)13-19-6-7-20(25-19)22-16(3)24/h6-7,9-10,17H,4-5,8,11-13H2,1-3H3,(H,22,24)/t17-/m1/s1. The van der Waals surface area contributed by atoms with Crippen LogP contribution < -0.4 is 5.32 Å². The van der Waals surface area contributed by atoms with Crippen LogP contribution in [0, 0.1) is 19.8 Å². The molecule has 1 aliphatic heterocycles. The Morgan fingerprint density at radius 3 is 2.80 bits per heavy atom. The molecule has 1 amide bonds. The van der Waals surface area contributed by atoms with Crippen molar-refractivity contribution in [1.82, 2.24) is 9.88 Å². The third-order valence-electron chi connectivity index (χ3n) is 4.61. The van der Waals surface area contributed by atoms with Crippen LogP contribution in [0.3, 0.4) is 0 Å². The molecule has 0 aromatic carbocycles. The number of pyridine rings is 1. The van der Waals surface area contributed by atoms with E-state index < -0.39 is 0 Å². The zero-order chi connectivity index (χ0) is 17.8. The molecule has 0 spiro atoms. The van der Waals surface area contributed by atoms with E-state index in [0.29, 0.717) is 5.92 Å². The molecule has 0 saturated carbocycles. The molecule has 3 rings (SSSR count). The minimum absolute atomic E-state index is 0.00521. The van der Waals surface area contributed by atoms with Gasteiger partial charge in [0.1, 0.15) is 0 Å². The number of carbonyl (C=O) groups excluding carboxylic acids is 1. The second-order valence-electron chi connectivity index (χ2n) is 7.15. The molecular formula is C20H27N3OS. The van der Waals surface area contributed by atoms with E-state index in [-0.39, 0.29) is 5.91 Å². The topological polar surface area (TPSA) is 45.2 Å². The van der Waals surface area contributed by atoms with Crippen LogP contribution in [0.25, 0.3) is 0 Å². The summed E-state index contributed by atoms with van der Waals surface area (Å²) in [5.74, 6) is 0.708. The molecule has 1 N–H and O–H groups in total. The largest absolute Gasteiger partial charge is 0.318 e. The SMILES string of the molecule is CC(=O)Nc1ccc(CN2CCC[C@H](Cc3cc(C)nc(C)c3)C2)s1. The molecule has 4 nitrogen and oxygen atoms in total. The molecule has 1 aliphatic rings. The average molecular weight is 358 g/mol. The van der Waals surface area contributed by atoms with Crippen LogP contribution in [0.5, 0.6) is 0 Å². The molecule has 2 aromatic rings. The van der Waals surface area contributed by atoms with Gasteiger partial charge in [0.05, 0.1) is 5.00 Å². The third kappa shape index (κ3) is 5.38. The highest BCUT2D eigenvalue weighted by Gasteiger charge is 2.21. The van der Waals surface area contributed by atoms with E-state index in [2.05, 4.69) is 47.2 Å². The smallest absolute Gasteiger partial charge is 0.221 e. The van der Waals surface area contributed by atoms with E-state index in [4.69, 9.17) is 0 Å². The summed E-state index contributed by atoms with van der Waals surface area (Å²) in [6.07, 6.45) is 3.71. The van der Waals surface area contributed by atoms with Gasteiger partial charge in [-0.2, -0.15) is 0 Å². The summed E-state index contributed by atoms with van der Waals surface area (Å²) in [5, 5.41) is 3.81. The maximum atomic E-state index is 11.2. The van der Waals surface area contributed by atoms with Crippen molar-refractivity contribution in [2.75, 3.05) is 18.4 Å².